The Morgan fingerprint density at radius 1 is 1.29 bits per heavy atom. The number of hydrogen-bond donors (Lipinski definition) is 1. The van der Waals surface area contributed by atoms with Gasteiger partial charge in [-0.1, -0.05) is 12.5 Å². The summed E-state index contributed by atoms with van der Waals surface area (Å²) in [5, 5.41) is 3.27. The maximum Gasteiger partial charge on any atom is 0.128 e. The number of nitrogens with zero attached hydrogens (tertiary/aromatic N) is 3. The van der Waals surface area contributed by atoms with Crippen molar-refractivity contribution in [3.8, 4) is 0 Å². The predicted molar refractivity (Wildman–Crippen MR) is 87.7 cm³/mol. The highest BCUT2D eigenvalue weighted by Gasteiger charge is 2.33. The fourth-order valence-electron chi connectivity index (χ4n) is 3.66. The molecule has 4 nitrogen and oxygen atoms in total. The van der Waals surface area contributed by atoms with E-state index in [-0.39, 0.29) is 0 Å². The van der Waals surface area contributed by atoms with Gasteiger partial charge in [0, 0.05) is 37.4 Å². The standard InChI is InChI=1S/C17H28N4/c1-13-11-20-9-5-4-6-16(20)12-21(13)17-8-7-15(10-19-17)14(2)18-3/h7-8,10,13-14,16,18H,4-6,9,11-12H2,1-3H3. The molecule has 0 amide bonds. The molecule has 0 radical (unpaired) electrons. The van der Waals surface area contributed by atoms with Crippen LogP contribution in [0.3, 0.4) is 0 Å². The van der Waals surface area contributed by atoms with E-state index in [1.165, 1.54) is 37.9 Å². The van der Waals surface area contributed by atoms with Crippen molar-refractivity contribution in [1.29, 1.82) is 0 Å². The first-order chi connectivity index (χ1) is 10.2. The molecule has 116 valence electrons. The van der Waals surface area contributed by atoms with Crippen LogP contribution in [0.25, 0.3) is 0 Å². The Balaban J connectivity index is 1.73. The summed E-state index contributed by atoms with van der Waals surface area (Å²) >= 11 is 0. The van der Waals surface area contributed by atoms with Crippen molar-refractivity contribution < 1.29 is 0 Å². The molecular weight excluding hydrogens is 260 g/mol. The number of pyridine rings is 1. The van der Waals surface area contributed by atoms with Gasteiger partial charge in [0.1, 0.15) is 5.82 Å². The van der Waals surface area contributed by atoms with Crippen LogP contribution in [-0.4, -0.2) is 48.6 Å². The van der Waals surface area contributed by atoms with Gasteiger partial charge in [-0.15, -0.1) is 0 Å². The number of aromatic nitrogens is 1. The van der Waals surface area contributed by atoms with Gasteiger partial charge in [-0.05, 0) is 51.9 Å². The summed E-state index contributed by atoms with van der Waals surface area (Å²) in [5.41, 5.74) is 1.25. The molecular formula is C17H28N4. The molecule has 2 aliphatic rings. The minimum Gasteiger partial charge on any atom is -0.351 e. The van der Waals surface area contributed by atoms with Crippen LogP contribution in [0.15, 0.2) is 18.3 Å². The molecule has 2 saturated heterocycles. The third kappa shape index (κ3) is 3.06. The van der Waals surface area contributed by atoms with Gasteiger partial charge >= 0.3 is 0 Å². The van der Waals surface area contributed by atoms with E-state index in [0.29, 0.717) is 12.1 Å². The second kappa shape index (κ2) is 6.32. The molecule has 21 heavy (non-hydrogen) atoms. The lowest BCUT2D eigenvalue weighted by Crippen LogP contribution is -2.59. The van der Waals surface area contributed by atoms with Crippen molar-refractivity contribution in [1.82, 2.24) is 15.2 Å². The molecule has 0 bridgehead atoms. The van der Waals surface area contributed by atoms with Crippen LogP contribution in [0.1, 0.15) is 44.7 Å². The summed E-state index contributed by atoms with van der Waals surface area (Å²) in [6.07, 6.45) is 6.13. The van der Waals surface area contributed by atoms with Crippen molar-refractivity contribution in [2.75, 3.05) is 31.6 Å². The van der Waals surface area contributed by atoms with Crippen molar-refractivity contribution in [3.63, 3.8) is 0 Å². The monoisotopic (exact) mass is 288 g/mol. The first kappa shape index (κ1) is 14.8. The fraction of sp³-hybridized carbons (Fsp3) is 0.706. The topological polar surface area (TPSA) is 31.4 Å². The third-order valence-corrected chi connectivity index (χ3v) is 5.19. The first-order valence-corrected chi connectivity index (χ1v) is 8.33. The predicted octanol–water partition coefficient (Wildman–Crippen LogP) is 2.43. The molecule has 3 unspecified atom stereocenters. The quantitative estimate of drug-likeness (QED) is 0.925. The molecule has 3 heterocycles. The molecule has 3 rings (SSSR count). The summed E-state index contributed by atoms with van der Waals surface area (Å²) < 4.78 is 0. The van der Waals surface area contributed by atoms with E-state index in [4.69, 9.17) is 4.98 Å². The Hall–Kier alpha value is -1.13. The molecule has 2 aliphatic heterocycles. The number of rotatable bonds is 3. The van der Waals surface area contributed by atoms with Gasteiger partial charge in [0.25, 0.3) is 0 Å². The average molecular weight is 288 g/mol. The van der Waals surface area contributed by atoms with Crippen LogP contribution in [0.2, 0.25) is 0 Å². The zero-order chi connectivity index (χ0) is 14.8. The van der Waals surface area contributed by atoms with E-state index < -0.39 is 0 Å². The minimum atomic E-state index is 0.360. The zero-order valence-corrected chi connectivity index (χ0v) is 13.5. The fourth-order valence-corrected chi connectivity index (χ4v) is 3.66. The van der Waals surface area contributed by atoms with Crippen molar-refractivity contribution in [2.24, 2.45) is 0 Å². The number of hydrogen-bond acceptors (Lipinski definition) is 4. The van der Waals surface area contributed by atoms with Crippen molar-refractivity contribution in [2.45, 2.75) is 51.2 Å². The smallest absolute Gasteiger partial charge is 0.128 e. The average Bonchev–Trinajstić information content (AvgIpc) is 2.53. The first-order valence-electron chi connectivity index (χ1n) is 8.33. The van der Waals surface area contributed by atoms with E-state index in [2.05, 4.69) is 41.1 Å². The van der Waals surface area contributed by atoms with Crippen molar-refractivity contribution >= 4 is 5.82 Å². The lowest BCUT2D eigenvalue weighted by Gasteiger charge is -2.48. The van der Waals surface area contributed by atoms with E-state index in [1.807, 2.05) is 13.2 Å². The Kier molecular flexibility index (Phi) is 4.45. The number of piperidine rings is 1. The van der Waals surface area contributed by atoms with Crippen LogP contribution >= 0.6 is 0 Å². The summed E-state index contributed by atoms with van der Waals surface area (Å²) in [7, 11) is 1.99. The Morgan fingerprint density at radius 3 is 2.86 bits per heavy atom. The van der Waals surface area contributed by atoms with Gasteiger partial charge < -0.3 is 10.2 Å². The second-order valence-corrected chi connectivity index (χ2v) is 6.61. The van der Waals surface area contributed by atoms with Crippen LogP contribution in [0.5, 0.6) is 0 Å². The minimum absolute atomic E-state index is 0.360. The van der Waals surface area contributed by atoms with Crippen LogP contribution in [0, 0.1) is 0 Å². The maximum absolute atomic E-state index is 4.73. The Bertz CT molecular complexity index is 458. The number of piperazine rings is 1. The molecule has 0 spiro atoms. The summed E-state index contributed by atoms with van der Waals surface area (Å²) in [6, 6.07) is 6.05. The van der Waals surface area contributed by atoms with Crippen LogP contribution in [0.4, 0.5) is 5.82 Å². The normalized spacial score (nSPS) is 28.2. The Morgan fingerprint density at radius 2 is 2.14 bits per heavy atom. The van der Waals surface area contributed by atoms with E-state index >= 15 is 0 Å². The second-order valence-electron chi connectivity index (χ2n) is 6.61. The van der Waals surface area contributed by atoms with E-state index in [9.17, 15) is 0 Å². The van der Waals surface area contributed by atoms with Gasteiger partial charge in [-0.25, -0.2) is 4.98 Å². The number of nitrogens with one attached hydrogen (secondary N) is 1. The molecule has 2 fully saturated rings. The molecule has 3 atom stereocenters. The third-order valence-electron chi connectivity index (χ3n) is 5.19. The van der Waals surface area contributed by atoms with Gasteiger partial charge in [0.15, 0.2) is 0 Å². The van der Waals surface area contributed by atoms with Gasteiger partial charge in [0.2, 0.25) is 0 Å². The van der Waals surface area contributed by atoms with Gasteiger partial charge in [0.05, 0.1) is 0 Å². The lowest BCUT2D eigenvalue weighted by atomic mass is 9.97. The molecule has 1 N–H and O–H groups in total. The molecule has 1 aromatic rings. The van der Waals surface area contributed by atoms with E-state index in [0.717, 1.165) is 18.4 Å². The molecule has 0 saturated carbocycles. The largest absolute Gasteiger partial charge is 0.351 e. The molecule has 0 aliphatic carbocycles. The summed E-state index contributed by atoms with van der Waals surface area (Å²) in [4.78, 5) is 9.91. The highest BCUT2D eigenvalue weighted by Crippen LogP contribution is 2.27. The summed E-state index contributed by atoms with van der Waals surface area (Å²) in [6.45, 7) is 8.10. The Labute approximate surface area is 128 Å². The molecule has 1 aromatic heterocycles. The number of anilines is 1. The summed E-state index contributed by atoms with van der Waals surface area (Å²) in [5.74, 6) is 1.14. The lowest BCUT2D eigenvalue weighted by molar-refractivity contribution is 0.115. The number of fused-ring (bicyclic) bond motifs is 1. The van der Waals surface area contributed by atoms with Crippen molar-refractivity contribution in [3.05, 3.63) is 23.9 Å². The van der Waals surface area contributed by atoms with Gasteiger partial charge in [-0.3, -0.25) is 4.90 Å². The van der Waals surface area contributed by atoms with Crippen LogP contribution < -0.4 is 10.2 Å². The van der Waals surface area contributed by atoms with Gasteiger partial charge in [-0.2, -0.15) is 0 Å². The molecule has 0 aromatic carbocycles. The highest BCUT2D eigenvalue weighted by atomic mass is 15.3. The zero-order valence-electron chi connectivity index (χ0n) is 13.5. The maximum atomic E-state index is 4.73. The SMILES string of the molecule is CNC(C)c1ccc(N2CC3CCCCN3CC2C)nc1. The van der Waals surface area contributed by atoms with E-state index in [1.54, 1.807) is 0 Å². The van der Waals surface area contributed by atoms with Crippen LogP contribution in [-0.2, 0) is 0 Å². The molecule has 4 heteroatoms. The highest BCUT2D eigenvalue weighted by molar-refractivity contribution is 5.42.